The molecule has 0 atom stereocenters. The molecule has 0 spiro atoms. The molecule has 0 heterocycles. The summed E-state index contributed by atoms with van der Waals surface area (Å²) < 4.78 is 0. The first-order valence-electron chi connectivity index (χ1n) is 8.03. The second-order valence-electron chi connectivity index (χ2n) is 7.39. The minimum atomic E-state index is 0.0226. The van der Waals surface area contributed by atoms with Crippen LogP contribution in [-0.2, 0) is 0 Å². The smallest absolute Gasteiger partial charge is 0.251 e. The lowest BCUT2D eigenvalue weighted by atomic mass is 9.53. The van der Waals surface area contributed by atoms with E-state index in [1.807, 2.05) is 0 Å². The summed E-state index contributed by atoms with van der Waals surface area (Å²) in [5.74, 6) is 2.51. The standard InChI is InChI=1S/C18H21NO2/c20-11-12-1-3-16(4-2-12)17(21)19-18-8-13-5-14(9-18)7-15(6-13)10-18/h1-4,11,13-15H,5-10H2,(H,19,21). The average molecular weight is 283 g/mol. The van der Waals surface area contributed by atoms with Crippen LogP contribution in [0.3, 0.4) is 0 Å². The molecule has 5 rings (SSSR count). The van der Waals surface area contributed by atoms with E-state index in [1.54, 1.807) is 24.3 Å². The van der Waals surface area contributed by atoms with Crippen LogP contribution < -0.4 is 5.32 Å². The Labute approximate surface area is 125 Å². The number of hydrogen-bond acceptors (Lipinski definition) is 2. The molecule has 4 bridgehead atoms. The zero-order valence-electron chi connectivity index (χ0n) is 12.2. The van der Waals surface area contributed by atoms with Gasteiger partial charge in [-0.2, -0.15) is 0 Å². The number of aldehydes is 1. The van der Waals surface area contributed by atoms with Crippen LogP contribution in [0.5, 0.6) is 0 Å². The summed E-state index contributed by atoms with van der Waals surface area (Å²) >= 11 is 0. The van der Waals surface area contributed by atoms with Gasteiger partial charge < -0.3 is 5.32 Å². The molecule has 4 aliphatic carbocycles. The second kappa shape index (κ2) is 4.69. The van der Waals surface area contributed by atoms with E-state index in [9.17, 15) is 9.59 Å². The third-order valence-corrected chi connectivity index (χ3v) is 5.73. The van der Waals surface area contributed by atoms with E-state index in [0.29, 0.717) is 11.1 Å². The number of amides is 1. The van der Waals surface area contributed by atoms with Crippen LogP contribution in [0.1, 0.15) is 59.2 Å². The van der Waals surface area contributed by atoms with Crippen molar-refractivity contribution in [2.24, 2.45) is 17.8 Å². The Morgan fingerprint density at radius 1 is 1.00 bits per heavy atom. The highest BCUT2D eigenvalue weighted by atomic mass is 16.1. The van der Waals surface area contributed by atoms with Gasteiger partial charge in [0.05, 0.1) is 0 Å². The number of carbonyl (C=O) groups is 2. The highest BCUT2D eigenvalue weighted by molar-refractivity contribution is 5.95. The molecule has 1 amide bonds. The van der Waals surface area contributed by atoms with E-state index in [2.05, 4.69) is 5.32 Å². The summed E-state index contributed by atoms with van der Waals surface area (Å²) in [6.07, 6.45) is 8.43. The molecule has 0 radical (unpaired) electrons. The minimum absolute atomic E-state index is 0.0226. The molecule has 0 saturated heterocycles. The highest BCUT2D eigenvalue weighted by Gasteiger charge is 2.51. The van der Waals surface area contributed by atoms with Gasteiger partial charge in [-0.15, -0.1) is 0 Å². The summed E-state index contributed by atoms with van der Waals surface area (Å²) in [6.45, 7) is 0. The Morgan fingerprint density at radius 3 is 2.00 bits per heavy atom. The van der Waals surface area contributed by atoms with Gasteiger partial charge in [0.25, 0.3) is 5.91 Å². The Kier molecular flexibility index (Phi) is 2.91. The molecule has 4 aliphatic rings. The van der Waals surface area contributed by atoms with Gasteiger partial charge in [-0.25, -0.2) is 0 Å². The fourth-order valence-electron chi connectivity index (χ4n) is 5.29. The monoisotopic (exact) mass is 283 g/mol. The maximum Gasteiger partial charge on any atom is 0.251 e. The maximum atomic E-state index is 12.5. The first kappa shape index (κ1) is 13.1. The molecule has 1 aromatic carbocycles. The van der Waals surface area contributed by atoms with E-state index < -0.39 is 0 Å². The third-order valence-electron chi connectivity index (χ3n) is 5.73. The first-order chi connectivity index (χ1) is 10.2. The maximum absolute atomic E-state index is 12.5. The molecular formula is C18H21NO2. The zero-order valence-corrected chi connectivity index (χ0v) is 12.2. The predicted octanol–water partition coefficient (Wildman–Crippen LogP) is 3.20. The predicted molar refractivity (Wildman–Crippen MR) is 80.2 cm³/mol. The van der Waals surface area contributed by atoms with Crippen molar-refractivity contribution >= 4 is 12.2 Å². The molecule has 3 heteroatoms. The van der Waals surface area contributed by atoms with Crippen LogP contribution in [0.25, 0.3) is 0 Å². The van der Waals surface area contributed by atoms with Crippen molar-refractivity contribution < 1.29 is 9.59 Å². The topological polar surface area (TPSA) is 46.2 Å². The summed E-state index contributed by atoms with van der Waals surface area (Å²) in [7, 11) is 0. The zero-order chi connectivity index (χ0) is 14.4. The van der Waals surface area contributed by atoms with Crippen molar-refractivity contribution in [3.8, 4) is 0 Å². The summed E-state index contributed by atoms with van der Waals surface area (Å²) in [5, 5.41) is 3.35. The van der Waals surface area contributed by atoms with Crippen LogP contribution in [0.2, 0.25) is 0 Å². The number of nitrogens with one attached hydrogen (secondary N) is 1. The van der Waals surface area contributed by atoms with Gasteiger partial charge in [0.1, 0.15) is 6.29 Å². The Bertz CT molecular complexity index is 540. The van der Waals surface area contributed by atoms with Crippen LogP contribution in [0, 0.1) is 17.8 Å². The van der Waals surface area contributed by atoms with Crippen LogP contribution in [-0.4, -0.2) is 17.7 Å². The van der Waals surface area contributed by atoms with Crippen molar-refractivity contribution in [3.63, 3.8) is 0 Å². The van der Waals surface area contributed by atoms with E-state index in [0.717, 1.165) is 43.3 Å². The van der Waals surface area contributed by atoms with Gasteiger partial charge in [-0.05, 0) is 68.4 Å². The van der Waals surface area contributed by atoms with E-state index in [1.165, 1.54) is 19.3 Å². The van der Waals surface area contributed by atoms with Gasteiger partial charge in [-0.1, -0.05) is 12.1 Å². The lowest BCUT2D eigenvalue weighted by Crippen LogP contribution is -2.59. The molecule has 4 saturated carbocycles. The normalized spacial score (nSPS) is 36.5. The molecule has 1 N–H and O–H groups in total. The summed E-state index contributed by atoms with van der Waals surface area (Å²) in [6, 6.07) is 6.92. The molecule has 3 nitrogen and oxygen atoms in total. The lowest BCUT2D eigenvalue weighted by Gasteiger charge is -2.56. The highest BCUT2D eigenvalue weighted by Crippen LogP contribution is 2.55. The van der Waals surface area contributed by atoms with E-state index in [4.69, 9.17) is 0 Å². The number of carbonyl (C=O) groups excluding carboxylic acids is 2. The third kappa shape index (κ3) is 2.29. The number of benzene rings is 1. The Hall–Kier alpha value is -1.64. The Morgan fingerprint density at radius 2 is 1.52 bits per heavy atom. The molecule has 0 aromatic heterocycles. The number of rotatable bonds is 3. The minimum Gasteiger partial charge on any atom is -0.347 e. The van der Waals surface area contributed by atoms with Crippen molar-refractivity contribution in [1.82, 2.24) is 5.32 Å². The van der Waals surface area contributed by atoms with E-state index >= 15 is 0 Å². The first-order valence-corrected chi connectivity index (χ1v) is 8.03. The number of hydrogen-bond donors (Lipinski definition) is 1. The van der Waals surface area contributed by atoms with Crippen molar-refractivity contribution in [2.75, 3.05) is 0 Å². The summed E-state index contributed by atoms with van der Waals surface area (Å²) in [5.41, 5.74) is 1.33. The largest absolute Gasteiger partial charge is 0.347 e. The van der Waals surface area contributed by atoms with Gasteiger partial charge in [0.15, 0.2) is 0 Å². The molecule has 1 aromatic rings. The van der Waals surface area contributed by atoms with Gasteiger partial charge in [0.2, 0.25) is 0 Å². The van der Waals surface area contributed by atoms with Gasteiger partial charge in [-0.3, -0.25) is 9.59 Å². The van der Waals surface area contributed by atoms with Crippen molar-refractivity contribution in [2.45, 2.75) is 44.1 Å². The average Bonchev–Trinajstić information content (AvgIpc) is 2.45. The quantitative estimate of drug-likeness (QED) is 0.866. The molecule has 110 valence electrons. The molecule has 21 heavy (non-hydrogen) atoms. The van der Waals surface area contributed by atoms with Gasteiger partial charge >= 0.3 is 0 Å². The van der Waals surface area contributed by atoms with Crippen LogP contribution in [0.15, 0.2) is 24.3 Å². The van der Waals surface area contributed by atoms with Crippen molar-refractivity contribution in [3.05, 3.63) is 35.4 Å². The summed E-state index contributed by atoms with van der Waals surface area (Å²) in [4.78, 5) is 23.2. The molecule has 0 aliphatic heterocycles. The van der Waals surface area contributed by atoms with Crippen LogP contribution >= 0.6 is 0 Å². The Balaban J connectivity index is 1.52. The fourth-order valence-corrected chi connectivity index (χ4v) is 5.29. The lowest BCUT2D eigenvalue weighted by molar-refractivity contribution is -0.0167. The van der Waals surface area contributed by atoms with Crippen molar-refractivity contribution in [1.29, 1.82) is 0 Å². The fraction of sp³-hybridized carbons (Fsp3) is 0.556. The molecular weight excluding hydrogens is 262 g/mol. The molecule has 0 unspecified atom stereocenters. The second-order valence-corrected chi connectivity index (χ2v) is 7.39. The molecule has 4 fully saturated rings. The SMILES string of the molecule is O=Cc1ccc(C(=O)NC23CC4CC(CC(C4)C2)C3)cc1. The van der Waals surface area contributed by atoms with Crippen LogP contribution in [0.4, 0.5) is 0 Å². The van der Waals surface area contributed by atoms with Gasteiger partial charge in [0, 0.05) is 16.7 Å². The van der Waals surface area contributed by atoms with E-state index in [-0.39, 0.29) is 11.4 Å².